The van der Waals surface area contributed by atoms with Crippen LogP contribution in [0.15, 0.2) is 128 Å². The molecule has 28 nitrogen and oxygen atoms in total. The molecule has 6 aromatic rings. The van der Waals surface area contributed by atoms with Gasteiger partial charge in [0.15, 0.2) is 11.5 Å². The molecule has 6 aromatic carbocycles. The second kappa shape index (κ2) is 19.2. The predicted molar refractivity (Wildman–Crippen MR) is 233 cm³/mol. The summed E-state index contributed by atoms with van der Waals surface area (Å²) in [6.45, 7) is -2.19. The van der Waals surface area contributed by atoms with Crippen LogP contribution in [0, 0.1) is 0 Å². The minimum Gasteiger partial charge on any atom is -0.507 e. The van der Waals surface area contributed by atoms with Gasteiger partial charge in [0.2, 0.25) is 0 Å². The van der Waals surface area contributed by atoms with E-state index in [9.17, 15) is 90.4 Å². The van der Waals surface area contributed by atoms with Crippen LogP contribution < -0.4 is 9.47 Å². The van der Waals surface area contributed by atoms with Crippen LogP contribution >= 0.6 is 0 Å². The second-order valence-corrected chi connectivity index (χ2v) is 20.6. The molecule has 6 rings (SSSR count). The number of hydrogen-bond acceptors (Lipinski definition) is 23. The van der Waals surface area contributed by atoms with Crippen molar-refractivity contribution in [3.63, 3.8) is 0 Å². The number of phenolic OH excluding ortho intramolecular Hbond substituents is 3. The number of phenols is 3. The zero-order valence-electron chi connectivity index (χ0n) is 33.9. The van der Waals surface area contributed by atoms with E-state index < -0.39 is 158 Å². The molecule has 0 saturated carbocycles. The Labute approximate surface area is 387 Å². The number of ether oxygens (including phenoxy) is 2. The summed E-state index contributed by atoms with van der Waals surface area (Å²) >= 11 is 0. The van der Waals surface area contributed by atoms with E-state index in [0.717, 1.165) is 42.5 Å². The minimum absolute atomic E-state index is 0.237. The first-order valence-electron chi connectivity index (χ1n) is 18.3. The van der Waals surface area contributed by atoms with Gasteiger partial charge < -0.3 is 35.0 Å². The highest BCUT2D eigenvalue weighted by molar-refractivity contribution is 7.87. The first-order chi connectivity index (χ1) is 32.0. The van der Waals surface area contributed by atoms with E-state index in [1.165, 1.54) is 0 Å². The number of aliphatic hydroxyl groups excluding tert-OH is 2. The summed E-state index contributed by atoms with van der Waals surface area (Å²) < 4.78 is 181. The normalized spacial score (nSPS) is 13.1. The average Bonchev–Trinajstić information content (AvgIpc) is 3.24. The van der Waals surface area contributed by atoms with Crippen molar-refractivity contribution in [3.8, 4) is 28.7 Å². The maximum atomic E-state index is 12.6. The van der Waals surface area contributed by atoms with Gasteiger partial charge in [-0.2, -0.15) is 47.2 Å². The third-order valence-electron chi connectivity index (χ3n) is 9.02. The van der Waals surface area contributed by atoms with Crippen LogP contribution in [0.25, 0.3) is 21.5 Å². The third-order valence-corrected chi connectivity index (χ3v) is 13.3. The molecule has 0 aliphatic heterocycles. The number of rotatable bonds is 17. The van der Waals surface area contributed by atoms with E-state index in [2.05, 4.69) is 30.7 Å². The highest BCUT2D eigenvalue weighted by atomic mass is 32.2. The average molecular weight is 1060 g/mol. The zero-order valence-corrected chi connectivity index (χ0v) is 37.9. The fraction of sp³-hybridized carbons (Fsp3) is 0.111. The summed E-state index contributed by atoms with van der Waals surface area (Å²) in [7, 11) is -25.6. The number of aromatic hydroxyl groups is 3. The summed E-state index contributed by atoms with van der Waals surface area (Å²) in [5.41, 5.74) is -3.81. The van der Waals surface area contributed by atoms with Crippen LogP contribution in [-0.2, 0) is 50.6 Å². The van der Waals surface area contributed by atoms with Crippen molar-refractivity contribution >= 4 is 106 Å². The first kappa shape index (κ1) is 51.5. The topological polar surface area (TPSA) is 466 Å². The first-order valence-corrected chi connectivity index (χ1v) is 25.5. The van der Waals surface area contributed by atoms with Crippen LogP contribution in [0.3, 0.4) is 0 Å². The van der Waals surface area contributed by atoms with Gasteiger partial charge in [-0.15, -0.1) is 25.6 Å². The summed E-state index contributed by atoms with van der Waals surface area (Å²) in [5.74, 6) is -3.86. The molecule has 10 N–H and O–H groups in total. The van der Waals surface area contributed by atoms with E-state index in [4.69, 9.17) is 9.47 Å². The summed E-state index contributed by atoms with van der Waals surface area (Å²) in [4.78, 5) is -4.91. The second-order valence-electron chi connectivity index (χ2n) is 13.6. The Morgan fingerprint density at radius 2 is 0.913 bits per heavy atom. The number of benzene rings is 6. The van der Waals surface area contributed by atoms with Crippen LogP contribution in [0.5, 0.6) is 28.7 Å². The lowest BCUT2D eigenvalue weighted by Crippen LogP contribution is -2.04. The molecule has 33 heteroatoms. The molecule has 0 aliphatic carbocycles. The van der Waals surface area contributed by atoms with Crippen molar-refractivity contribution in [2.45, 2.75) is 24.5 Å². The highest BCUT2D eigenvalue weighted by Crippen LogP contribution is 2.48. The van der Waals surface area contributed by atoms with Gasteiger partial charge in [0.25, 0.3) is 50.6 Å². The third kappa shape index (κ3) is 11.5. The van der Waals surface area contributed by atoms with E-state index in [1.807, 2.05) is 0 Å². The molecule has 0 aliphatic rings. The lowest BCUT2D eigenvalue weighted by Gasteiger charge is -2.13. The largest absolute Gasteiger partial charge is 0.507 e. The molecule has 0 bridgehead atoms. The van der Waals surface area contributed by atoms with Crippen LogP contribution in [0.4, 0.5) is 34.1 Å². The highest BCUT2D eigenvalue weighted by Gasteiger charge is 2.27. The predicted octanol–water partition coefficient (Wildman–Crippen LogP) is 5.33. The lowest BCUT2D eigenvalue weighted by atomic mass is 10.1. The zero-order chi connectivity index (χ0) is 51.0. The van der Waals surface area contributed by atoms with E-state index in [0.29, 0.717) is 30.3 Å². The Hall–Kier alpha value is -6.89. The van der Waals surface area contributed by atoms with Crippen molar-refractivity contribution in [2.24, 2.45) is 30.7 Å². The molecule has 0 unspecified atom stereocenters. The quantitative estimate of drug-likeness (QED) is 0.0407. The fourth-order valence-corrected chi connectivity index (χ4v) is 9.09. The monoisotopic (exact) mass is 1060 g/mol. The number of azo groups is 3. The molecule has 69 heavy (non-hydrogen) atoms. The molecular weight excluding hydrogens is 1030 g/mol. The molecule has 0 aromatic heterocycles. The Kier molecular flexibility index (Phi) is 14.4. The van der Waals surface area contributed by atoms with E-state index >= 15 is 0 Å². The smallest absolute Gasteiger partial charge is 0.296 e. The molecular formula is C36H30N6O22S5. The molecule has 366 valence electrons. The number of hydrogen-bond donors (Lipinski definition) is 10. The van der Waals surface area contributed by atoms with Gasteiger partial charge >= 0.3 is 0 Å². The molecule has 0 spiro atoms. The van der Waals surface area contributed by atoms with E-state index in [-0.39, 0.29) is 28.0 Å². The van der Waals surface area contributed by atoms with Gasteiger partial charge in [-0.1, -0.05) is 0 Å². The summed E-state index contributed by atoms with van der Waals surface area (Å²) in [5, 5.41) is 72.5. The molecule has 0 heterocycles. The van der Waals surface area contributed by atoms with Gasteiger partial charge in [-0.25, -0.2) is 0 Å². The fourth-order valence-electron chi connectivity index (χ4n) is 6.07. The molecule has 0 radical (unpaired) electrons. The lowest BCUT2D eigenvalue weighted by molar-refractivity contribution is 0.198. The Bertz CT molecular complexity index is 3770. The van der Waals surface area contributed by atoms with Crippen LogP contribution in [-0.4, -0.2) is 117 Å². The van der Waals surface area contributed by atoms with Gasteiger partial charge in [0, 0.05) is 23.6 Å². The number of aliphatic hydroxyl groups is 2. The molecule has 0 fully saturated rings. The van der Waals surface area contributed by atoms with Gasteiger partial charge in [-0.3, -0.25) is 22.8 Å². The Morgan fingerprint density at radius 1 is 0.435 bits per heavy atom. The van der Waals surface area contributed by atoms with E-state index in [1.54, 1.807) is 0 Å². The molecule has 0 saturated heterocycles. The van der Waals surface area contributed by atoms with Crippen molar-refractivity contribution in [1.82, 2.24) is 0 Å². The van der Waals surface area contributed by atoms with Crippen molar-refractivity contribution in [3.05, 3.63) is 72.8 Å². The van der Waals surface area contributed by atoms with Crippen molar-refractivity contribution in [2.75, 3.05) is 26.4 Å². The number of nitrogens with zero attached hydrogens (tertiary/aromatic N) is 6. The standard InChI is InChI=1S/C36H30N6O22S5/c43-5-7-63-27-16-25(40-42-34-31(69(60,61)62)12-18-10-21(66(51,52)53)14-26(45)32(18)36(34)47)28(64-8-6-44)15-24(27)39-38-23-4-1-19(13-29(23)67(54,55)56)37-41-33-30(68(57,58)59)11-17-9-20(65(48,49)50)2-3-22(17)35(33)46/h1-4,9-16,43-47H,5-8H2,(H,48,49,50)(H,51,52,53)(H,54,55,56)(H,57,58,59)(H,60,61,62)/b39-38+,41-37+,42-40+. The van der Waals surface area contributed by atoms with Crippen molar-refractivity contribution < 1.29 is 99.9 Å². The number of fused-ring (bicyclic) bond motifs is 2. The van der Waals surface area contributed by atoms with Crippen molar-refractivity contribution in [1.29, 1.82) is 0 Å². The Morgan fingerprint density at radius 3 is 1.43 bits per heavy atom. The maximum Gasteiger partial charge on any atom is 0.296 e. The summed E-state index contributed by atoms with van der Waals surface area (Å²) in [6, 6.07) is 9.64. The maximum absolute atomic E-state index is 12.6. The minimum atomic E-state index is -5.34. The van der Waals surface area contributed by atoms with Crippen LogP contribution in [0.1, 0.15) is 0 Å². The SMILES string of the molecule is O=S(=O)(O)c1ccc2c(O)c(/N=N/c3ccc(/N=N/c4cc(OCCO)c(/N=N/c5c(S(=O)(=O)O)cc6cc(S(=O)(=O)O)cc(O)c6c5O)cc4OCCO)c(S(=O)(=O)O)c3)c(S(=O)(=O)O)cc2c1. The van der Waals surface area contributed by atoms with Gasteiger partial charge in [-0.05, 0) is 65.4 Å². The van der Waals surface area contributed by atoms with Gasteiger partial charge in [0.05, 0.1) is 34.1 Å². The Balaban J connectivity index is 1.44. The van der Waals surface area contributed by atoms with Gasteiger partial charge in [0.1, 0.15) is 73.6 Å². The van der Waals surface area contributed by atoms with Crippen LogP contribution in [0.2, 0.25) is 0 Å². The summed E-state index contributed by atoms with van der Waals surface area (Å²) in [6.07, 6.45) is 0. The molecule has 0 amide bonds. The molecule has 0 atom stereocenters.